The van der Waals surface area contributed by atoms with Gasteiger partial charge in [0.05, 0.1) is 6.10 Å². The first kappa shape index (κ1) is 89.9. The lowest BCUT2D eigenvalue weighted by Gasteiger charge is -2.34. The molecule has 2 aliphatic heterocycles. The predicted octanol–water partition coefficient (Wildman–Crippen LogP) is 1.84. The molecule has 15 N–H and O–H groups in total. The lowest BCUT2D eigenvalue weighted by molar-refractivity contribution is -0.157. The van der Waals surface area contributed by atoms with Gasteiger partial charge in [0.25, 0.3) is 5.91 Å². The molecule has 30 nitrogen and oxygen atoms in total. The van der Waals surface area contributed by atoms with Crippen LogP contribution in [0.4, 0.5) is 0 Å². The van der Waals surface area contributed by atoms with Gasteiger partial charge in [-0.15, -0.1) is 0 Å². The van der Waals surface area contributed by atoms with Crippen LogP contribution in [0.1, 0.15) is 194 Å². The number of carbonyl (C=O) groups excluding carboxylic acids is 14. The molecule has 3 fully saturated rings. The number of carbonyl (C=O) groups is 14. The number of benzene rings is 1. The molecule has 2 heterocycles. The fourth-order valence-corrected chi connectivity index (χ4v) is 13.0. The number of hydrogen-bond acceptors (Lipinski definition) is 17. The molecular formula is C76H124N14O16. The Morgan fingerprint density at radius 2 is 1.13 bits per heavy atom. The van der Waals surface area contributed by atoms with E-state index in [2.05, 4.69) is 70.7 Å². The Labute approximate surface area is 625 Å². The summed E-state index contributed by atoms with van der Waals surface area (Å²) in [5.41, 5.74) is 6.35. The molecular weight excluding hydrogens is 1360 g/mol. The van der Waals surface area contributed by atoms with Gasteiger partial charge in [-0.3, -0.25) is 62.3 Å². The molecule has 1 aromatic rings. The summed E-state index contributed by atoms with van der Waals surface area (Å²) in [5, 5.41) is 43.4. The second kappa shape index (κ2) is 42.7. The number of aliphatic hydroxyl groups is 1. The molecule has 13 amide bonds. The van der Waals surface area contributed by atoms with Gasteiger partial charge in [-0.1, -0.05) is 153 Å². The van der Waals surface area contributed by atoms with E-state index < -0.39 is 203 Å². The summed E-state index contributed by atoms with van der Waals surface area (Å²) in [7, 11) is 0. The van der Waals surface area contributed by atoms with Crippen molar-refractivity contribution in [2.24, 2.45) is 59.0 Å². The summed E-state index contributed by atoms with van der Waals surface area (Å²) in [4.78, 5) is 203. The van der Waals surface area contributed by atoms with Gasteiger partial charge in [-0.05, 0) is 132 Å². The van der Waals surface area contributed by atoms with E-state index >= 15 is 9.59 Å². The minimum atomic E-state index is -1.83. The van der Waals surface area contributed by atoms with E-state index in [1.807, 2.05) is 0 Å². The van der Waals surface area contributed by atoms with Crippen molar-refractivity contribution in [2.45, 2.75) is 280 Å². The van der Waals surface area contributed by atoms with E-state index in [0.29, 0.717) is 37.2 Å². The number of amides is 13. The Morgan fingerprint density at radius 3 is 1.67 bits per heavy atom. The summed E-state index contributed by atoms with van der Waals surface area (Å²) < 4.78 is 5.96. The molecule has 1 saturated carbocycles. The molecule has 4 rings (SSSR count). The third kappa shape index (κ3) is 25.9. The number of rotatable bonds is 30. The number of nitrogens with zero attached hydrogens (tertiary/aromatic N) is 1. The highest BCUT2D eigenvalue weighted by atomic mass is 16.5. The van der Waals surface area contributed by atoms with Gasteiger partial charge < -0.3 is 84.3 Å². The maximum absolute atomic E-state index is 15.1. The molecule has 0 spiro atoms. The van der Waals surface area contributed by atoms with E-state index in [-0.39, 0.29) is 62.7 Å². The van der Waals surface area contributed by atoms with Crippen LogP contribution in [-0.2, 0) is 78.3 Å². The molecule has 1 aliphatic carbocycles. The number of aliphatic hydroxyl groups excluding tert-OH is 1. The highest BCUT2D eigenvalue weighted by molar-refractivity contribution is 6.03. The Kier molecular flexibility index (Phi) is 36.2. The molecule has 0 aromatic heterocycles. The van der Waals surface area contributed by atoms with Crippen LogP contribution in [0, 0.1) is 53.3 Å². The van der Waals surface area contributed by atoms with Crippen molar-refractivity contribution < 1.29 is 77.0 Å². The second-order valence-corrected chi connectivity index (χ2v) is 30.8. The third-order valence-electron chi connectivity index (χ3n) is 20.4. The third-order valence-corrected chi connectivity index (χ3v) is 20.4. The van der Waals surface area contributed by atoms with Crippen molar-refractivity contribution in [1.29, 1.82) is 0 Å². The molecule has 1 aromatic carbocycles. The number of hydrogen-bond donors (Lipinski definition) is 14. The molecule has 30 heteroatoms. The van der Waals surface area contributed by atoms with E-state index in [0.717, 1.165) is 12.8 Å². The first-order valence-electron chi connectivity index (χ1n) is 38.1. The SMILES string of the molecule is C/C=C1\NC(=O)[C@H](Cc2ccccc2)NC(=O)[C@@H](C(C)C)NC(=O)[C@@H]([C@@H](C)CC)NC(=O)[C@H](NC(=O)[C@H](NC(=O)[C@H](CCCN)NC(=O)[C@H]2CCCN2C(=O)[C@H](NC(=O)[C@@H](NC(=O)[C@@H](NC(=O)[C@H](NC(=O)C2CCC(C)CC2)C(C)C)[C@@H](C)O)C(C)C)C(C)C)[C@@H](C)CC)[C@@H](C)OC(=O)[C@H](C(C)C)NC1=O. The number of cyclic esters (lactones) is 1. The van der Waals surface area contributed by atoms with E-state index in [1.165, 1.54) is 31.7 Å². The van der Waals surface area contributed by atoms with E-state index in [4.69, 9.17) is 10.5 Å². The Balaban J connectivity index is 1.63. The van der Waals surface area contributed by atoms with Crippen LogP contribution in [0.25, 0.3) is 0 Å². The largest absolute Gasteiger partial charge is 0.458 e. The Morgan fingerprint density at radius 1 is 0.594 bits per heavy atom. The van der Waals surface area contributed by atoms with Crippen LogP contribution in [0.3, 0.4) is 0 Å². The maximum Gasteiger partial charge on any atom is 0.329 e. The number of likely N-dealkylation sites (tertiary alicyclic amines) is 1. The smallest absolute Gasteiger partial charge is 0.329 e. The van der Waals surface area contributed by atoms with Crippen molar-refractivity contribution >= 4 is 82.8 Å². The van der Waals surface area contributed by atoms with Crippen LogP contribution in [0.5, 0.6) is 0 Å². The number of nitrogens with one attached hydrogen (secondary N) is 12. The highest BCUT2D eigenvalue weighted by Crippen LogP contribution is 2.29. The van der Waals surface area contributed by atoms with Gasteiger partial charge in [-0.2, -0.15) is 0 Å². The molecule has 0 bridgehead atoms. The monoisotopic (exact) mass is 1490 g/mol. The van der Waals surface area contributed by atoms with Crippen molar-refractivity contribution in [2.75, 3.05) is 13.1 Å². The fraction of sp³-hybridized carbons (Fsp3) is 0.711. The van der Waals surface area contributed by atoms with Crippen LogP contribution >= 0.6 is 0 Å². The molecule has 0 unspecified atom stereocenters. The molecule has 0 radical (unpaired) electrons. The average Bonchev–Trinajstić information content (AvgIpc) is 1.33. The Hall–Kier alpha value is -8.54. The molecule has 594 valence electrons. The standard InChI is InChI=1S/C76H124N14O16/c1-19-44(15)59(72(101)89-62-47(18)106-76(105)58(42(12)13)85-64(93)50(21-3)78-66(95)52(37-48-27-23-22-24-28-48)80-68(97)54(38(4)5)82-71(100)60(45(16)20-2)87-74(62)103)86-65(94)51(29-25-35-77)79-67(96)53-30-26-36-90(53)75(104)57(41(10)11)84-69(98)56(40(8)9)83-73(102)61(46(17)91)88-70(99)55(39(6)7)81-63(92)49-33-31-43(14)32-34-49/h21-24,27-28,38-47,49,51-62,91H,19-20,25-26,29-37,77H2,1-18H3,(H,78,95)(H,79,96)(H,80,97)(H,81,92)(H,82,100)(H,83,102)(H,84,98)(H,85,93)(H,86,94)(H,87,103)(H,88,99)(H,89,101)/b50-21-/t43?,44-,45-,46+,47+,49?,51-,52-,53+,54+,55+,56-,57+,58-,59+,60+,61-,62+/m0/s1. The van der Waals surface area contributed by atoms with Crippen molar-refractivity contribution in [3.8, 4) is 0 Å². The molecule has 3 aliphatic rings. The summed E-state index contributed by atoms with van der Waals surface area (Å²) in [6.07, 6.45) is 2.56. The first-order valence-corrected chi connectivity index (χ1v) is 38.1. The molecule has 16 atom stereocenters. The van der Waals surface area contributed by atoms with Gasteiger partial charge in [0, 0.05) is 18.9 Å². The van der Waals surface area contributed by atoms with Gasteiger partial charge in [0.2, 0.25) is 70.9 Å². The summed E-state index contributed by atoms with van der Waals surface area (Å²) in [6.45, 7) is 29.9. The highest BCUT2D eigenvalue weighted by Gasteiger charge is 2.45. The van der Waals surface area contributed by atoms with Crippen molar-refractivity contribution in [3.05, 3.63) is 47.7 Å². The molecule has 2 saturated heterocycles. The zero-order valence-electron chi connectivity index (χ0n) is 65.5. The zero-order chi connectivity index (χ0) is 79.7. The van der Waals surface area contributed by atoms with Crippen LogP contribution < -0.4 is 69.5 Å². The van der Waals surface area contributed by atoms with Crippen LogP contribution in [-0.4, -0.2) is 191 Å². The topological polar surface area (TPSA) is 442 Å². The van der Waals surface area contributed by atoms with E-state index in [9.17, 15) is 62.6 Å². The normalized spacial score (nSPS) is 24.7. The first-order chi connectivity index (χ1) is 49.8. The lowest BCUT2D eigenvalue weighted by atomic mass is 9.82. The minimum absolute atomic E-state index is 0.0350. The van der Waals surface area contributed by atoms with Gasteiger partial charge in [-0.25, -0.2) is 4.79 Å². The molecule has 106 heavy (non-hydrogen) atoms. The summed E-state index contributed by atoms with van der Waals surface area (Å²) in [5.74, 6) is -15.1. The average molecular weight is 1490 g/mol. The predicted molar refractivity (Wildman–Crippen MR) is 398 cm³/mol. The quantitative estimate of drug-likeness (QED) is 0.0386. The van der Waals surface area contributed by atoms with E-state index in [1.54, 1.807) is 127 Å². The Bertz CT molecular complexity index is 3230. The second-order valence-electron chi connectivity index (χ2n) is 30.8. The lowest BCUT2D eigenvalue weighted by Crippen LogP contribution is -2.64. The number of allylic oxidation sites excluding steroid dienone is 1. The summed E-state index contributed by atoms with van der Waals surface area (Å²) in [6, 6.07) is -7.64. The minimum Gasteiger partial charge on any atom is -0.458 e. The van der Waals surface area contributed by atoms with Crippen LogP contribution in [0.2, 0.25) is 0 Å². The van der Waals surface area contributed by atoms with Crippen molar-refractivity contribution in [3.63, 3.8) is 0 Å². The van der Waals surface area contributed by atoms with Gasteiger partial charge >= 0.3 is 5.97 Å². The maximum atomic E-state index is 15.1. The summed E-state index contributed by atoms with van der Waals surface area (Å²) >= 11 is 0. The number of ether oxygens (including phenoxy) is 1. The fourth-order valence-electron chi connectivity index (χ4n) is 13.0. The van der Waals surface area contributed by atoms with Gasteiger partial charge in [0.1, 0.15) is 84.3 Å². The van der Waals surface area contributed by atoms with Gasteiger partial charge in [0.15, 0.2) is 0 Å². The zero-order valence-corrected chi connectivity index (χ0v) is 65.5. The van der Waals surface area contributed by atoms with Crippen LogP contribution in [0.15, 0.2) is 42.1 Å². The van der Waals surface area contributed by atoms with Crippen molar-refractivity contribution in [1.82, 2.24) is 68.7 Å². The number of esters is 1. The number of nitrogens with two attached hydrogens (primary N) is 1.